The monoisotopic (exact) mass is 250 g/mol. The van der Waals surface area contributed by atoms with Crippen molar-refractivity contribution in [1.82, 2.24) is 9.88 Å². The lowest BCUT2D eigenvalue weighted by molar-refractivity contribution is 0.274. The molecule has 0 bridgehead atoms. The molecule has 0 amide bonds. The number of likely N-dealkylation sites (N-methyl/N-ethyl adjacent to an activating group) is 1. The zero-order chi connectivity index (χ0) is 12.4. The van der Waals surface area contributed by atoms with E-state index in [0.29, 0.717) is 16.6 Å². The van der Waals surface area contributed by atoms with Crippen LogP contribution >= 0.6 is 11.6 Å². The summed E-state index contributed by atoms with van der Waals surface area (Å²) in [6.07, 6.45) is 1.64. The van der Waals surface area contributed by atoms with Gasteiger partial charge in [0.05, 0.1) is 5.56 Å². The van der Waals surface area contributed by atoms with Gasteiger partial charge >= 0.3 is 0 Å². The predicted molar refractivity (Wildman–Crippen MR) is 68.3 cm³/mol. The van der Waals surface area contributed by atoms with Gasteiger partial charge < -0.3 is 9.80 Å². The van der Waals surface area contributed by atoms with Crippen LogP contribution in [0, 0.1) is 11.3 Å². The third kappa shape index (κ3) is 2.36. The average Bonchev–Trinajstić information content (AvgIpc) is 2.30. The van der Waals surface area contributed by atoms with Gasteiger partial charge in [-0.05, 0) is 20.0 Å². The molecule has 0 spiro atoms. The topological polar surface area (TPSA) is 43.2 Å². The van der Waals surface area contributed by atoms with Gasteiger partial charge in [-0.25, -0.2) is 4.98 Å². The van der Waals surface area contributed by atoms with Gasteiger partial charge in [-0.15, -0.1) is 0 Å². The van der Waals surface area contributed by atoms with Crippen LogP contribution < -0.4 is 4.90 Å². The van der Waals surface area contributed by atoms with Crippen LogP contribution in [0.4, 0.5) is 5.82 Å². The smallest absolute Gasteiger partial charge is 0.149 e. The van der Waals surface area contributed by atoms with Crippen molar-refractivity contribution >= 4 is 17.4 Å². The van der Waals surface area contributed by atoms with Gasteiger partial charge in [-0.3, -0.25) is 0 Å². The van der Waals surface area contributed by atoms with E-state index in [1.807, 2.05) is 0 Å². The highest BCUT2D eigenvalue weighted by atomic mass is 35.5. The Morgan fingerprint density at radius 1 is 1.53 bits per heavy atom. The van der Waals surface area contributed by atoms with Gasteiger partial charge in [0.1, 0.15) is 16.9 Å². The minimum Gasteiger partial charge on any atom is -0.350 e. The number of halogens is 1. The molecule has 1 aromatic heterocycles. The number of nitrogens with zero attached hydrogens (tertiary/aromatic N) is 4. The fourth-order valence-electron chi connectivity index (χ4n) is 2.17. The normalized spacial score (nSPS) is 21.3. The Bertz CT molecular complexity index is 454. The van der Waals surface area contributed by atoms with Gasteiger partial charge in [0.2, 0.25) is 0 Å². The van der Waals surface area contributed by atoms with Crippen molar-refractivity contribution in [2.75, 3.05) is 31.6 Å². The van der Waals surface area contributed by atoms with E-state index in [-0.39, 0.29) is 0 Å². The highest BCUT2D eigenvalue weighted by Gasteiger charge is 2.25. The number of hydrogen-bond acceptors (Lipinski definition) is 4. The number of piperazine rings is 1. The van der Waals surface area contributed by atoms with Gasteiger partial charge in [0.25, 0.3) is 0 Å². The molecule has 4 nitrogen and oxygen atoms in total. The molecule has 0 radical (unpaired) electrons. The maximum absolute atomic E-state index is 8.96. The first kappa shape index (κ1) is 12.2. The van der Waals surface area contributed by atoms with E-state index in [1.165, 1.54) is 0 Å². The first-order valence-corrected chi connectivity index (χ1v) is 6.01. The average molecular weight is 251 g/mol. The Morgan fingerprint density at radius 2 is 2.29 bits per heavy atom. The van der Waals surface area contributed by atoms with E-state index < -0.39 is 0 Å². The fraction of sp³-hybridized carbons (Fsp3) is 0.500. The molecule has 17 heavy (non-hydrogen) atoms. The molecule has 0 N–H and O–H groups in total. The lowest BCUT2D eigenvalue weighted by Crippen LogP contribution is -2.51. The molecule has 1 atom stereocenters. The summed E-state index contributed by atoms with van der Waals surface area (Å²) >= 11 is 6.20. The summed E-state index contributed by atoms with van der Waals surface area (Å²) in [5, 5.41) is 9.42. The zero-order valence-corrected chi connectivity index (χ0v) is 10.8. The fourth-order valence-corrected chi connectivity index (χ4v) is 2.44. The van der Waals surface area contributed by atoms with Crippen LogP contribution in [0.15, 0.2) is 12.3 Å². The van der Waals surface area contributed by atoms with Crippen molar-refractivity contribution in [2.24, 2.45) is 0 Å². The lowest BCUT2D eigenvalue weighted by Gasteiger charge is -2.39. The van der Waals surface area contributed by atoms with Gasteiger partial charge in [0, 0.05) is 31.9 Å². The summed E-state index contributed by atoms with van der Waals surface area (Å²) < 4.78 is 0. The summed E-state index contributed by atoms with van der Waals surface area (Å²) in [5.74, 6) is 0.728. The van der Waals surface area contributed by atoms with Crippen LogP contribution in [0.5, 0.6) is 0 Å². The molecule has 0 aromatic carbocycles. The second kappa shape index (κ2) is 4.91. The van der Waals surface area contributed by atoms with Crippen molar-refractivity contribution in [1.29, 1.82) is 5.26 Å². The van der Waals surface area contributed by atoms with Gasteiger partial charge in [-0.1, -0.05) is 11.6 Å². The lowest BCUT2D eigenvalue weighted by atomic mass is 10.2. The largest absolute Gasteiger partial charge is 0.350 e. The minimum atomic E-state index is 0.354. The summed E-state index contributed by atoms with van der Waals surface area (Å²) in [6.45, 7) is 5.00. The van der Waals surface area contributed by atoms with E-state index in [1.54, 1.807) is 12.3 Å². The first-order valence-electron chi connectivity index (χ1n) is 5.63. The van der Waals surface area contributed by atoms with Crippen LogP contribution in [0.1, 0.15) is 12.5 Å². The van der Waals surface area contributed by atoms with Crippen molar-refractivity contribution in [3.63, 3.8) is 0 Å². The van der Waals surface area contributed by atoms with E-state index in [9.17, 15) is 0 Å². The second-order valence-electron chi connectivity index (χ2n) is 4.41. The van der Waals surface area contributed by atoms with Crippen LogP contribution in [-0.2, 0) is 0 Å². The summed E-state index contributed by atoms with van der Waals surface area (Å²) in [5.41, 5.74) is 0.489. The molecule has 1 aromatic rings. The zero-order valence-electron chi connectivity index (χ0n) is 10.0. The van der Waals surface area contributed by atoms with Crippen molar-refractivity contribution in [2.45, 2.75) is 13.0 Å². The molecule has 2 rings (SSSR count). The number of pyridine rings is 1. The molecule has 5 heteroatoms. The minimum absolute atomic E-state index is 0.354. The maximum Gasteiger partial charge on any atom is 0.149 e. The molecule has 1 aliphatic heterocycles. The highest BCUT2D eigenvalue weighted by molar-refractivity contribution is 6.34. The number of anilines is 1. The molecule has 0 aliphatic carbocycles. The molecule has 1 aliphatic rings. The number of hydrogen-bond donors (Lipinski definition) is 0. The van der Waals surface area contributed by atoms with Crippen LogP contribution in [-0.4, -0.2) is 42.6 Å². The summed E-state index contributed by atoms with van der Waals surface area (Å²) in [4.78, 5) is 8.76. The summed E-state index contributed by atoms with van der Waals surface area (Å²) in [7, 11) is 2.11. The summed E-state index contributed by atoms with van der Waals surface area (Å²) in [6, 6.07) is 4.09. The second-order valence-corrected chi connectivity index (χ2v) is 4.79. The van der Waals surface area contributed by atoms with E-state index in [2.05, 4.69) is 34.8 Å². The van der Waals surface area contributed by atoms with Gasteiger partial charge in [-0.2, -0.15) is 5.26 Å². The number of rotatable bonds is 1. The van der Waals surface area contributed by atoms with Crippen LogP contribution in [0.25, 0.3) is 0 Å². The third-order valence-corrected chi connectivity index (χ3v) is 3.47. The number of aromatic nitrogens is 1. The Morgan fingerprint density at radius 3 is 2.94 bits per heavy atom. The first-order chi connectivity index (χ1) is 8.13. The van der Waals surface area contributed by atoms with Crippen LogP contribution in [0.2, 0.25) is 5.02 Å². The highest BCUT2D eigenvalue weighted by Crippen LogP contribution is 2.28. The standard InChI is InChI=1S/C12H15ClN4/c1-9-8-16(2)5-6-17(9)12-11(13)10(7-14)3-4-15-12/h3-4,9H,5-6,8H2,1-2H3. The molecule has 1 fully saturated rings. The molecule has 2 heterocycles. The Balaban J connectivity index is 2.32. The van der Waals surface area contributed by atoms with Crippen molar-refractivity contribution < 1.29 is 0 Å². The molecule has 0 saturated carbocycles. The van der Waals surface area contributed by atoms with E-state index in [0.717, 1.165) is 25.5 Å². The van der Waals surface area contributed by atoms with E-state index in [4.69, 9.17) is 16.9 Å². The maximum atomic E-state index is 8.96. The van der Waals surface area contributed by atoms with E-state index >= 15 is 0 Å². The third-order valence-electron chi connectivity index (χ3n) is 3.09. The van der Waals surface area contributed by atoms with Crippen LogP contribution in [0.3, 0.4) is 0 Å². The predicted octanol–water partition coefficient (Wildman–Crippen LogP) is 1.75. The van der Waals surface area contributed by atoms with Crippen molar-refractivity contribution in [3.05, 3.63) is 22.8 Å². The Labute approximate surface area is 106 Å². The quantitative estimate of drug-likeness (QED) is 0.762. The molecule has 90 valence electrons. The Kier molecular flexibility index (Phi) is 3.51. The van der Waals surface area contributed by atoms with Gasteiger partial charge in [0.15, 0.2) is 0 Å². The molecule has 1 unspecified atom stereocenters. The SMILES string of the molecule is CC1CN(C)CCN1c1nccc(C#N)c1Cl. The molecular formula is C12H15ClN4. The molecular weight excluding hydrogens is 236 g/mol. The molecule has 1 saturated heterocycles. The van der Waals surface area contributed by atoms with Crippen molar-refractivity contribution in [3.8, 4) is 6.07 Å². The Hall–Kier alpha value is -1.31. The number of nitriles is 1.